The normalized spacial score (nSPS) is 30.5. The summed E-state index contributed by atoms with van der Waals surface area (Å²) in [6.45, 7) is 10.4. The van der Waals surface area contributed by atoms with Crippen molar-refractivity contribution in [1.82, 2.24) is 4.90 Å². The lowest BCUT2D eigenvalue weighted by molar-refractivity contribution is -0.150. The van der Waals surface area contributed by atoms with E-state index in [1.807, 2.05) is 0 Å². The predicted molar refractivity (Wildman–Crippen MR) is 115 cm³/mol. The molecule has 0 aliphatic heterocycles. The number of methoxy groups -OCH3 is 1. The summed E-state index contributed by atoms with van der Waals surface area (Å²) in [5.74, 6) is 1.44. The third-order valence-corrected chi connectivity index (χ3v) is 6.76. The molecule has 4 bridgehead atoms. The third-order valence-electron chi connectivity index (χ3n) is 6.76. The number of carbonyl (C=O) groups excluding carboxylic acids is 3. The van der Waals surface area contributed by atoms with Crippen LogP contribution in [0, 0.1) is 23.2 Å². The number of nitrogens with zero attached hydrogens (tertiary/aromatic N) is 1. The Balaban J connectivity index is 1.92. The zero-order valence-corrected chi connectivity index (χ0v) is 20.2. The van der Waals surface area contributed by atoms with Crippen LogP contribution in [0.1, 0.15) is 86.5 Å². The first-order valence-electron chi connectivity index (χ1n) is 11.5. The SMILES string of the molecule is COC(=O)C(CC12CC3CC(CC(C3)C1)C2)N(C(=O)OC(C)(C)C)C(=O)OC(C)(C)C. The molecule has 31 heavy (non-hydrogen) atoms. The number of carbonyl (C=O) groups is 3. The van der Waals surface area contributed by atoms with E-state index in [0.29, 0.717) is 24.2 Å². The van der Waals surface area contributed by atoms with Gasteiger partial charge in [0.1, 0.15) is 17.2 Å². The lowest BCUT2D eigenvalue weighted by Crippen LogP contribution is -2.56. The summed E-state index contributed by atoms with van der Waals surface area (Å²) in [5, 5.41) is 0. The molecule has 4 rings (SSSR count). The molecular formula is C24H39NO6. The van der Waals surface area contributed by atoms with Crippen molar-refractivity contribution >= 4 is 18.2 Å². The molecule has 7 heteroatoms. The maximum absolute atomic E-state index is 13.1. The third kappa shape index (κ3) is 5.72. The van der Waals surface area contributed by atoms with Gasteiger partial charge in [-0.15, -0.1) is 0 Å². The highest BCUT2D eigenvalue weighted by Crippen LogP contribution is 2.61. The van der Waals surface area contributed by atoms with Gasteiger partial charge in [-0.05, 0) is 110 Å². The first-order valence-corrected chi connectivity index (χ1v) is 11.5. The highest BCUT2D eigenvalue weighted by molar-refractivity contribution is 5.94. The molecule has 0 saturated heterocycles. The van der Waals surface area contributed by atoms with Crippen molar-refractivity contribution in [1.29, 1.82) is 0 Å². The van der Waals surface area contributed by atoms with Crippen LogP contribution in [0.3, 0.4) is 0 Å². The summed E-state index contributed by atoms with van der Waals surface area (Å²) in [7, 11) is 1.29. The molecule has 1 unspecified atom stereocenters. The number of imide groups is 1. The van der Waals surface area contributed by atoms with Crippen LogP contribution in [0.2, 0.25) is 0 Å². The number of hydrogen-bond donors (Lipinski definition) is 0. The first kappa shape index (κ1) is 23.9. The molecule has 0 aromatic carbocycles. The van der Waals surface area contributed by atoms with E-state index in [2.05, 4.69) is 0 Å². The van der Waals surface area contributed by atoms with Crippen LogP contribution in [0.5, 0.6) is 0 Å². The van der Waals surface area contributed by atoms with Crippen molar-refractivity contribution in [3.8, 4) is 0 Å². The highest BCUT2D eigenvalue weighted by atomic mass is 16.6. The summed E-state index contributed by atoms with van der Waals surface area (Å²) in [6.07, 6.45) is 5.60. The Morgan fingerprint density at radius 2 is 1.23 bits per heavy atom. The Bertz CT molecular complexity index is 653. The molecule has 4 aliphatic carbocycles. The van der Waals surface area contributed by atoms with Gasteiger partial charge in [0.25, 0.3) is 0 Å². The summed E-state index contributed by atoms with van der Waals surface area (Å²) >= 11 is 0. The summed E-state index contributed by atoms with van der Waals surface area (Å²) in [6, 6.07) is -1.06. The topological polar surface area (TPSA) is 82.1 Å². The standard InChI is InChI=1S/C24H39NO6/c1-22(2,3)30-20(27)25(21(28)31-23(4,5)6)18(19(26)29-7)14-24-11-15-8-16(12-24)10-17(9-15)13-24/h15-18H,8-14H2,1-7H3. The van der Waals surface area contributed by atoms with Crippen LogP contribution < -0.4 is 0 Å². The molecule has 0 spiro atoms. The second kappa shape index (κ2) is 8.28. The maximum atomic E-state index is 13.1. The zero-order valence-electron chi connectivity index (χ0n) is 20.2. The van der Waals surface area contributed by atoms with E-state index in [9.17, 15) is 14.4 Å². The zero-order chi connectivity index (χ0) is 23.2. The van der Waals surface area contributed by atoms with E-state index in [-0.39, 0.29) is 5.41 Å². The lowest BCUT2D eigenvalue weighted by Gasteiger charge is -2.57. The minimum absolute atomic E-state index is 0.0458. The lowest BCUT2D eigenvalue weighted by atomic mass is 9.48. The van der Waals surface area contributed by atoms with Crippen LogP contribution in [-0.4, -0.2) is 47.4 Å². The van der Waals surface area contributed by atoms with Crippen molar-refractivity contribution in [2.75, 3.05) is 7.11 Å². The maximum Gasteiger partial charge on any atom is 0.420 e. The molecule has 0 aromatic rings. The smallest absolute Gasteiger partial charge is 0.420 e. The number of hydrogen-bond acceptors (Lipinski definition) is 6. The molecule has 0 heterocycles. The van der Waals surface area contributed by atoms with Gasteiger partial charge in [-0.25, -0.2) is 14.4 Å². The molecule has 0 aromatic heterocycles. The van der Waals surface area contributed by atoms with Gasteiger partial charge in [-0.1, -0.05) is 0 Å². The molecule has 4 fully saturated rings. The largest absolute Gasteiger partial charge is 0.467 e. The van der Waals surface area contributed by atoms with Crippen molar-refractivity contribution in [3.05, 3.63) is 0 Å². The van der Waals surface area contributed by atoms with E-state index in [0.717, 1.165) is 24.2 Å². The second-order valence-electron chi connectivity index (χ2n) is 12.0. The molecule has 4 saturated carbocycles. The van der Waals surface area contributed by atoms with Crippen molar-refractivity contribution < 1.29 is 28.6 Å². The molecule has 7 nitrogen and oxygen atoms in total. The van der Waals surface area contributed by atoms with Crippen molar-refractivity contribution in [2.24, 2.45) is 23.2 Å². The fourth-order valence-electron chi connectivity index (χ4n) is 6.32. The van der Waals surface area contributed by atoms with Gasteiger partial charge in [0, 0.05) is 0 Å². The monoisotopic (exact) mass is 437 g/mol. The van der Waals surface area contributed by atoms with E-state index >= 15 is 0 Å². The summed E-state index contributed by atoms with van der Waals surface area (Å²) in [5.41, 5.74) is -1.69. The van der Waals surface area contributed by atoms with Gasteiger partial charge < -0.3 is 14.2 Å². The average molecular weight is 438 g/mol. The van der Waals surface area contributed by atoms with Gasteiger partial charge in [-0.2, -0.15) is 4.90 Å². The Morgan fingerprint density at radius 1 is 0.839 bits per heavy atom. The molecule has 1 atom stereocenters. The first-order chi connectivity index (χ1) is 14.2. The number of rotatable bonds is 4. The molecule has 2 amide bonds. The van der Waals surface area contributed by atoms with Crippen LogP contribution in [-0.2, 0) is 19.0 Å². The quantitative estimate of drug-likeness (QED) is 0.438. The van der Waals surface area contributed by atoms with Gasteiger partial charge >= 0.3 is 18.2 Å². The van der Waals surface area contributed by atoms with E-state index in [1.165, 1.54) is 26.4 Å². The molecular weight excluding hydrogens is 398 g/mol. The van der Waals surface area contributed by atoms with Crippen LogP contribution >= 0.6 is 0 Å². The van der Waals surface area contributed by atoms with Gasteiger partial charge in [0.2, 0.25) is 0 Å². The minimum Gasteiger partial charge on any atom is -0.467 e. The van der Waals surface area contributed by atoms with E-state index < -0.39 is 35.4 Å². The van der Waals surface area contributed by atoms with E-state index in [1.54, 1.807) is 41.5 Å². The summed E-state index contributed by atoms with van der Waals surface area (Å²) < 4.78 is 16.1. The van der Waals surface area contributed by atoms with Crippen LogP contribution in [0.25, 0.3) is 0 Å². The molecule has 176 valence electrons. The Kier molecular flexibility index (Phi) is 6.38. The van der Waals surface area contributed by atoms with Crippen LogP contribution in [0.15, 0.2) is 0 Å². The second-order valence-corrected chi connectivity index (χ2v) is 12.0. The van der Waals surface area contributed by atoms with Gasteiger partial charge in [0.15, 0.2) is 0 Å². The fourth-order valence-corrected chi connectivity index (χ4v) is 6.32. The number of ether oxygens (including phenoxy) is 3. The number of esters is 1. The Labute approximate surface area is 186 Å². The van der Waals surface area contributed by atoms with Crippen molar-refractivity contribution in [2.45, 2.75) is 104 Å². The van der Waals surface area contributed by atoms with Crippen LogP contribution in [0.4, 0.5) is 9.59 Å². The number of amides is 2. The average Bonchev–Trinajstić information content (AvgIpc) is 2.55. The molecule has 0 radical (unpaired) electrons. The Hall–Kier alpha value is -1.79. The van der Waals surface area contributed by atoms with Gasteiger partial charge in [-0.3, -0.25) is 0 Å². The molecule has 0 N–H and O–H groups in total. The molecule has 4 aliphatic rings. The Morgan fingerprint density at radius 3 is 1.55 bits per heavy atom. The van der Waals surface area contributed by atoms with Crippen molar-refractivity contribution in [3.63, 3.8) is 0 Å². The minimum atomic E-state index is -1.06. The van der Waals surface area contributed by atoms with Gasteiger partial charge in [0.05, 0.1) is 7.11 Å². The predicted octanol–water partition coefficient (Wildman–Crippen LogP) is 5.31. The van der Waals surface area contributed by atoms with E-state index in [4.69, 9.17) is 14.2 Å². The fraction of sp³-hybridized carbons (Fsp3) is 0.875. The summed E-state index contributed by atoms with van der Waals surface area (Å²) in [4.78, 5) is 40.1. The highest BCUT2D eigenvalue weighted by Gasteiger charge is 2.54.